The predicted octanol–water partition coefficient (Wildman–Crippen LogP) is 3.11. The summed E-state index contributed by atoms with van der Waals surface area (Å²) >= 11 is 6.15. The van der Waals surface area contributed by atoms with E-state index >= 15 is 0 Å². The Morgan fingerprint density at radius 2 is 2.10 bits per heavy atom. The Balaban J connectivity index is 2.05. The largest absolute Gasteiger partial charge is 0.351 e. The fourth-order valence-corrected chi connectivity index (χ4v) is 3.15. The van der Waals surface area contributed by atoms with Gasteiger partial charge in [0.25, 0.3) is 0 Å². The maximum Gasteiger partial charge on any atom is 0.134 e. The first-order valence-corrected chi connectivity index (χ1v) is 7.62. The van der Waals surface area contributed by atoms with Gasteiger partial charge in [-0.25, -0.2) is 4.98 Å². The molecule has 1 aromatic heterocycles. The first-order valence-electron chi connectivity index (χ1n) is 7.09. The SMILES string of the molecule is CC1CN(C)CCN1c1nc2ccccc2cc1CCl. The topological polar surface area (TPSA) is 19.4 Å². The molecule has 106 valence electrons. The molecule has 4 heteroatoms. The standard InChI is InChI=1S/C16H20ClN3/c1-12-11-19(2)7-8-20(12)16-14(10-17)9-13-5-3-4-6-15(13)18-16/h3-6,9,12H,7-8,10-11H2,1-2H3. The smallest absolute Gasteiger partial charge is 0.134 e. The fourth-order valence-electron chi connectivity index (χ4n) is 2.95. The van der Waals surface area contributed by atoms with Gasteiger partial charge < -0.3 is 9.80 Å². The molecule has 2 heterocycles. The monoisotopic (exact) mass is 289 g/mol. The minimum atomic E-state index is 0.462. The molecule has 1 atom stereocenters. The summed E-state index contributed by atoms with van der Waals surface area (Å²) in [5.41, 5.74) is 2.17. The molecule has 1 fully saturated rings. The first kappa shape index (κ1) is 13.7. The van der Waals surface area contributed by atoms with Gasteiger partial charge in [-0.3, -0.25) is 0 Å². The van der Waals surface area contributed by atoms with Crippen LogP contribution in [0.25, 0.3) is 10.9 Å². The molecule has 2 aromatic rings. The zero-order chi connectivity index (χ0) is 14.1. The van der Waals surface area contributed by atoms with E-state index in [1.165, 1.54) is 0 Å². The third-order valence-corrected chi connectivity index (χ3v) is 4.31. The molecule has 3 nitrogen and oxygen atoms in total. The molecule has 1 saturated heterocycles. The number of nitrogens with zero attached hydrogens (tertiary/aromatic N) is 3. The van der Waals surface area contributed by atoms with Gasteiger partial charge >= 0.3 is 0 Å². The van der Waals surface area contributed by atoms with Crippen molar-refractivity contribution in [2.45, 2.75) is 18.8 Å². The maximum atomic E-state index is 6.15. The van der Waals surface area contributed by atoms with Crippen LogP contribution in [0.15, 0.2) is 30.3 Å². The normalized spacial score (nSPS) is 20.6. The molecule has 1 aliphatic heterocycles. The van der Waals surface area contributed by atoms with E-state index in [1.807, 2.05) is 12.1 Å². The predicted molar refractivity (Wildman–Crippen MR) is 85.6 cm³/mol. The summed E-state index contributed by atoms with van der Waals surface area (Å²) in [6.45, 7) is 5.40. The van der Waals surface area contributed by atoms with Crippen molar-refractivity contribution in [1.29, 1.82) is 0 Å². The van der Waals surface area contributed by atoms with Crippen LogP contribution >= 0.6 is 11.6 Å². The summed E-state index contributed by atoms with van der Waals surface area (Å²) < 4.78 is 0. The number of hydrogen-bond acceptors (Lipinski definition) is 3. The molecular weight excluding hydrogens is 270 g/mol. The highest BCUT2D eigenvalue weighted by molar-refractivity contribution is 6.17. The van der Waals surface area contributed by atoms with E-state index in [9.17, 15) is 0 Å². The molecular formula is C16H20ClN3. The molecule has 1 unspecified atom stereocenters. The van der Waals surface area contributed by atoms with Crippen molar-refractivity contribution in [3.8, 4) is 0 Å². The molecule has 0 aliphatic carbocycles. The second-order valence-electron chi connectivity index (χ2n) is 5.60. The lowest BCUT2D eigenvalue weighted by atomic mass is 10.1. The van der Waals surface area contributed by atoms with Crippen molar-refractivity contribution in [2.75, 3.05) is 31.6 Å². The number of halogens is 1. The van der Waals surface area contributed by atoms with E-state index < -0.39 is 0 Å². The van der Waals surface area contributed by atoms with Gasteiger partial charge in [0.05, 0.1) is 11.4 Å². The van der Waals surface area contributed by atoms with Crippen molar-refractivity contribution in [3.63, 3.8) is 0 Å². The molecule has 0 bridgehead atoms. The van der Waals surface area contributed by atoms with Crippen molar-refractivity contribution in [2.24, 2.45) is 0 Å². The number of benzene rings is 1. The number of likely N-dealkylation sites (N-methyl/N-ethyl adjacent to an activating group) is 1. The van der Waals surface area contributed by atoms with Crippen molar-refractivity contribution < 1.29 is 0 Å². The van der Waals surface area contributed by atoms with Crippen LogP contribution in [0.1, 0.15) is 12.5 Å². The van der Waals surface area contributed by atoms with E-state index in [2.05, 4.69) is 42.0 Å². The van der Waals surface area contributed by atoms with Gasteiger partial charge in [0.1, 0.15) is 5.82 Å². The molecule has 3 rings (SSSR count). The van der Waals surface area contributed by atoms with E-state index in [-0.39, 0.29) is 0 Å². The minimum Gasteiger partial charge on any atom is -0.351 e. The van der Waals surface area contributed by atoms with Gasteiger partial charge in [-0.05, 0) is 26.1 Å². The Bertz CT molecular complexity index is 614. The van der Waals surface area contributed by atoms with Crippen LogP contribution in [-0.2, 0) is 5.88 Å². The van der Waals surface area contributed by atoms with Crippen LogP contribution < -0.4 is 4.90 Å². The summed E-state index contributed by atoms with van der Waals surface area (Å²) in [5.74, 6) is 1.56. The number of hydrogen-bond donors (Lipinski definition) is 0. The van der Waals surface area contributed by atoms with Crippen LogP contribution in [0, 0.1) is 0 Å². The van der Waals surface area contributed by atoms with Crippen molar-refractivity contribution in [3.05, 3.63) is 35.9 Å². The zero-order valence-electron chi connectivity index (χ0n) is 12.0. The third-order valence-electron chi connectivity index (χ3n) is 4.03. The van der Waals surface area contributed by atoms with Crippen molar-refractivity contribution >= 4 is 28.3 Å². The molecule has 0 radical (unpaired) electrons. The minimum absolute atomic E-state index is 0.462. The molecule has 1 aliphatic rings. The van der Waals surface area contributed by atoms with Crippen LogP contribution in [0.2, 0.25) is 0 Å². The molecule has 0 N–H and O–H groups in total. The highest BCUT2D eigenvalue weighted by Gasteiger charge is 2.24. The average molecular weight is 290 g/mol. The molecule has 20 heavy (non-hydrogen) atoms. The van der Waals surface area contributed by atoms with Crippen LogP contribution in [0.5, 0.6) is 0 Å². The Morgan fingerprint density at radius 1 is 1.30 bits per heavy atom. The Hall–Kier alpha value is -1.32. The molecule has 0 saturated carbocycles. The number of fused-ring (bicyclic) bond motifs is 1. The van der Waals surface area contributed by atoms with E-state index in [1.54, 1.807) is 0 Å². The lowest BCUT2D eigenvalue weighted by Crippen LogP contribution is -2.51. The van der Waals surface area contributed by atoms with Gasteiger partial charge in [0.15, 0.2) is 0 Å². The summed E-state index contributed by atoms with van der Waals surface area (Å²) in [7, 11) is 2.17. The van der Waals surface area contributed by atoms with Gasteiger partial charge in [-0.15, -0.1) is 11.6 Å². The number of para-hydroxylation sites is 1. The molecule has 0 spiro atoms. The Morgan fingerprint density at radius 3 is 2.85 bits per heavy atom. The van der Waals surface area contributed by atoms with Gasteiger partial charge in [0, 0.05) is 36.6 Å². The average Bonchev–Trinajstić information content (AvgIpc) is 2.46. The number of aromatic nitrogens is 1. The third kappa shape index (κ3) is 2.48. The fraction of sp³-hybridized carbons (Fsp3) is 0.438. The zero-order valence-corrected chi connectivity index (χ0v) is 12.8. The van der Waals surface area contributed by atoms with E-state index in [0.717, 1.165) is 41.9 Å². The number of pyridine rings is 1. The van der Waals surface area contributed by atoms with Gasteiger partial charge in [-0.2, -0.15) is 0 Å². The summed E-state index contributed by atoms with van der Waals surface area (Å²) in [6.07, 6.45) is 0. The Kier molecular flexibility index (Phi) is 3.81. The highest BCUT2D eigenvalue weighted by atomic mass is 35.5. The number of piperazine rings is 1. The van der Waals surface area contributed by atoms with Crippen LogP contribution in [-0.4, -0.2) is 42.6 Å². The number of rotatable bonds is 2. The van der Waals surface area contributed by atoms with E-state index in [0.29, 0.717) is 11.9 Å². The highest BCUT2D eigenvalue weighted by Crippen LogP contribution is 2.27. The lowest BCUT2D eigenvalue weighted by Gasteiger charge is -2.39. The van der Waals surface area contributed by atoms with Gasteiger partial charge in [0.2, 0.25) is 0 Å². The number of alkyl halides is 1. The van der Waals surface area contributed by atoms with Crippen molar-refractivity contribution in [1.82, 2.24) is 9.88 Å². The molecule has 1 aromatic carbocycles. The maximum absolute atomic E-state index is 6.15. The van der Waals surface area contributed by atoms with Crippen LogP contribution in [0.3, 0.4) is 0 Å². The summed E-state index contributed by atoms with van der Waals surface area (Å²) in [6, 6.07) is 10.9. The summed E-state index contributed by atoms with van der Waals surface area (Å²) in [4.78, 5) is 9.62. The second-order valence-corrected chi connectivity index (χ2v) is 5.87. The molecule has 0 amide bonds. The van der Waals surface area contributed by atoms with Crippen LogP contribution in [0.4, 0.5) is 5.82 Å². The first-order chi connectivity index (χ1) is 9.69. The lowest BCUT2D eigenvalue weighted by molar-refractivity contribution is 0.274. The Labute approximate surface area is 125 Å². The quantitative estimate of drug-likeness (QED) is 0.792. The number of anilines is 1. The van der Waals surface area contributed by atoms with Gasteiger partial charge in [-0.1, -0.05) is 18.2 Å². The van der Waals surface area contributed by atoms with E-state index in [4.69, 9.17) is 16.6 Å². The summed E-state index contributed by atoms with van der Waals surface area (Å²) in [5, 5.41) is 1.16. The second kappa shape index (κ2) is 5.58.